The smallest absolute Gasteiger partial charge is 0.198 e. The van der Waals surface area contributed by atoms with Crippen LogP contribution in [0, 0.1) is 5.92 Å². The SMILES string of the molecule is CCC(C)CCCc1ccc(Nc2ccc(O)c3c2C(=O)c2ccccc2C3=O)cc1. The van der Waals surface area contributed by atoms with Crippen molar-refractivity contribution < 1.29 is 14.7 Å². The molecule has 0 aromatic heterocycles. The highest BCUT2D eigenvalue weighted by Crippen LogP contribution is 2.38. The van der Waals surface area contributed by atoms with Crippen LogP contribution in [0.25, 0.3) is 0 Å². The number of nitrogens with one attached hydrogen (secondary N) is 1. The van der Waals surface area contributed by atoms with Crippen LogP contribution >= 0.6 is 0 Å². The van der Waals surface area contributed by atoms with Gasteiger partial charge in [0.25, 0.3) is 0 Å². The minimum absolute atomic E-state index is 0.0652. The predicted molar refractivity (Wildman–Crippen MR) is 124 cm³/mol. The van der Waals surface area contributed by atoms with Gasteiger partial charge in [-0.3, -0.25) is 9.59 Å². The van der Waals surface area contributed by atoms with Crippen molar-refractivity contribution in [3.8, 4) is 5.75 Å². The Morgan fingerprint density at radius 1 is 0.871 bits per heavy atom. The molecular formula is C27H27NO3. The molecule has 0 aliphatic heterocycles. The van der Waals surface area contributed by atoms with E-state index in [2.05, 4.69) is 31.3 Å². The number of aryl methyl sites for hydroxylation is 1. The summed E-state index contributed by atoms with van der Waals surface area (Å²) in [4.78, 5) is 26.1. The second-order valence-corrected chi connectivity index (χ2v) is 8.31. The van der Waals surface area contributed by atoms with Gasteiger partial charge in [0.15, 0.2) is 11.6 Å². The van der Waals surface area contributed by atoms with Crippen LogP contribution < -0.4 is 5.32 Å². The van der Waals surface area contributed by atoms with E-state index in [4.69, 9.17) is 0 Å². The highest BCUT2D eigenvalue weighted by molar-refractivity contribution is 6.31. The monoisotopic (exact) mass is 413 g/mol. The highest BCUT2D eigenvalue weighted by atomic mass is 16.3. The Balaban J connectivity index is 1.58. The molecule has 1 aliphatic rings. The lowest BCUT2D eigenvalue weighted by molar-refractivity contribution is 0.0977. The third-order valence-electron chi connectivity index (χ3n) is 6.15. The maximum atomic E-state index is 13.2. The molecular weight excluding hydrogens is 386 g/mol. The molecule has 3 aromatic carbocycles. The van der Waals surface area contributed by atoms with Crippen molar-refractivity contribution in [3.05, 3.63) is 88.5 Å². The molecule has 2 N–H and O–H groups in total. The minimum atomic E-state index is -0.331. The second-order valence-electron chi connectivity index (χ2n) is 8.31. The maximum Gasteiger partial charge on any atom is 0.198 e. The number of phenolic OH excluding ortho intramolecular Hbond substituents is 1. The van der Waals surface area contributed by atoms with Crippen molar-refractivity contribution in [2.75, 3.05) is 5.32 Å². The first-order valence-corrected chi connectivity index (χ1v) is 10.9. The molecule has 3 aromatic rings. The third-order valence-corrected chi connectivity index (χ3v) is 6.15. The Kier molecular flexibility index (Phi) is 5.90. The van der Waals surface area contributed by atoms with Crippen LogP contribution in [0.4, 0.5) is 11.4 Å². The summed E-state index contributed by atoms with van der Waals surface area (Å²) in [5.41, 5.74) is 3.61. The van der Waals surface area contributed by atoms with Crippen LogP contribution in [0.15, 0.2) is 60.7 Å². The van der Waals surface area contributed by atoms with E-state index >= 15 is 0 Å². The van der Waals surface area contributed by atoms with Crippen LogP contribution in [0.1, 0.15) is 70.5 Å². The van der Waals surface area contributed by atoms with E-state index in [9.17, 15) is 14.7 Å². The molecule has 0 heterocycles. The molecule has 4 nitrogen and oxygen atoms in total. The first-order valence-electron chi connectivity index (χ1n) is 10.9. The van der Waals surface area contributed by atoms with Crippen molar-refractivity contribution >= 4 is 22.9 Å². The number of phenols is 1. The zero-order chi connectivity index (χ0) is 22.0. The molecule has 0 bridgehead atoms. The molecule has 1 unspecified atom stereocenters. The van der Waals surface area contributed by atoms with Gasteiger partial charge >= 0.3 is 0 Å². The minimum Gasteiger partial charge on any atom is -0.507 e. The van der Waals surface area contributed by atoms with Gasteiger partial charge in [0.2, 0.25) is 0 Å². The molecule has 4 rings (SSSR count). The van der Waals surface area contributed by atoms with Crippen molar-refractivity contribution in [2.45, 2.75) is 39.5 Å². The van der Waals surface area contributed by atoms with Gasteiger partial charge in [0.05, 0.1) is 16.8 Å². The summed E-state index contributed by atoms with van der Waals surface area (Å²) in [5, 5.41) is 13.6. The Hall–Kier alpha value is -3.40. The number of hydrogen-bond acceptors (Lipinski definition) is 4. The Bertz CT molecular complexity index is 1130. The average molecular weight is 414 g/mol. The first-order chi connectivity index (χ1) is 15.0. The largest absolute Gasteiger partial charge is 0.507 e. The number of rotatable bonds is 7. The number of fused-ring (bicyclic) bond motifs is 2. The van der Waals surface area contributed by atoms with Gasteiger partial charge in [-0.15, -0.1) is 0 Å². The Labute approximate surface area is 182 Å². The number of carbonyl (C=O) groups is 2. The van der Waals surface area contributed by atoms with Gasteiger partial charge in [-0.1, -0.05) is 63.1 Å². The van der Waals surface area contributed by atoms with E-state index in [0.29, 0.717) is 16.8 Å². The van der Waals surface area contributed by atoms with Gasteiger partial charge in [-0.25, -0.2) is 0 Å². The number of carbonyl (C=O) groups excluding carboxylic acids is 2. The standard InChI is InChI=1S/C27H27NO3/c1-3-17(2)7-6-8-18-11-13-19(14-12-18)28-22-15-16-23(29)25-24(22)26(30)20-9-4-5-10-21(20)27(25)31/h4-5,9-17,28-29H,3,6-8H2,1-2H3. The quantitative estimate of drug-likeness (QED) is 0.350. The number of benzene rings is 3. The topological polar surface area (TPSA) is 66.4 Å². The van der Waals surface area contributed by atoms with Gasteiger partial charge in [-0.05, 0) is 48.6 Å². The van der Waals surface area contributed by atoms with Gasteiger partial charge in [-0.2, -0.15) is 0 Å². The van der Waals surface area contributed by atoms with Crippen LogP contribution in [-0.2, 0) is 6.42 Å². The first kappa shape index (κ1) is 20.9. The van der Waals surface area contributed by atoms with Gasteiger partial charge in [0.1, 0.15) is 5.75 Å². The zero-order valence-corrected chi connectivity index (χ0v) is 17.9. The summed E-state index contributed by atoms with van der Waals surface area (Å²) in [6.07, 6.45) is 4.66. The Morgan fingerprint density at radius 2 is 1.52 bits per heavy atom. The van der Waals surface area contributed by atoms with E-state index in [-0.39, 0.29) is 28.4 Å². The molecule has 0 fully saturated rings. The lowest BCUT2D eigenvalue weighted by Crippen LogP contribution is -2.22. The molecule has 158 valence electrons. The molecule has 0 saturated carbocycles. The fourth-order valence-corrected chi connectivity index (χ4v) is 4.08. The van der Waals surface area contributed by atoms with Crippen molar-refractivity contribution in [2.24, 2.45) is 5.92 Å². The number of ketones is 2. The van der Waals surface area contributed by atoms with Crippen molar-refractivity contribution in [1.82, 2.24) is 0 Å². The lowest BCUT2D eigenvalue weighted by atomic mass is 9.82. The summed E-state index contributed by atoms with van der Waals surface area (Å²) < 4.78 is 0. The molecule has 1 atom stereocenters. The normalized spacial score (nSPS) is 13.5. The molecule has 1 aliphatic carbocycles. The second kappa shape index (κ2) is 8.76. The zero-order valence-electron chi connectivity index (χ0n) is 17.9. The van der Waals surface area contributed by atoms with Crippen molar-refractivity contribution in [1.29, 1.82) is 0 Å². The summed E-state index contributed by atoms with van der Waals surface area (Å²) >= 11 is 0. The number of aromatic hydroxyl groups is 1. The fourth-order valence-electron chi connectivity index (χ4n) is 4.08. The summed E-state index contributed by atoms with van der Waals surface area (Å²) in [6, 6.07) is 18.0. The highest BCUT2D eigenvalue weighted by Gasteiger charge is 2.33. The van der Waals surface area contributed by atoms with Gasteiger partial charge in [0, 0.05) is 16.8 Å². The number of hydrogen-bond donors (Lipinski definition) is 2. The van der Waals surface area contributed by atoms with Crippen LogP contribution in [0.2, 0.25) is 0 Å². The van der Waals surface area contributed by atoms with E-state index in [1.54, 1.807) is 30.3 Å². The van der Waals surface area contributed by atoms with E-state index in [0.717, 1.165) is 18.0 Å². The number of anilines is 2. The lowest BCUT2D eigenvalue weighted by Gasteiger charge is -2.21. The summed E-state index contributed by atoms with van der Waals surface area (Å²) in [6.45, 7) is 4.51. The van der Waals surface area contributed by atoms with Crippen molar-refractivity contribution in [3.63, 3.8) is 0 Å². The molecule has 0 spiro atoms. The van der Waals surface area contributed by atoms with E-state index < -0.39 is 0 Å². The maximum absolute atomic E-state index is 13.2. The van der Waals surface area contributed by atoms with Crippen LogP contribution in [-0.4, -0.2) is 16.7 Å². The molecule has 31 heavy (non-hydrogen) atoms. The van der Waals surface area contributed by atoms with Gasteiger partial charge < -0.3 is 10.4 Å². The Morgan fingerprint density at radius 3 is 2.16 bits per heavy atom. The molecule has 0 amide bonds. The average Bonchev–Trinajstić information content (AvgIpc) is 2.79. The third kappa shape index (κ3) is 4.11. The summed E-state index contributed by atoms with van der Waals surface area (Å²) in [5.74, 6) is -0.00896. The fraction of sp³-hybridized carbons (Fsp3) is 0.259. The van der Waals surface area contributed by atoms with Crippen LogP contribution in [0.5, 0.6) is 5.75 Å². The molecule has 0 saturated heterocycles. The molecule has 0 radical (unpaired) electrons. The summed E-state index contributed by atoms with van der Waals surface area (Å²) in [7, 11) is 0. The predicted octanol–water partition coefficient (Wildman–Crippen LogP) is 6.28. The van der Waals surface area contributed by atoms with E-state index in [1.165, 1.54) is 30.9 Å². The van der Waals surface area contributed by atoms with E-state index in [1.807, 2.05) is 12.1 Å². The van der Waals surface area contributed by atoms with Crippen LogP contribution in [0.3, 0.4) is 0 Å². The molecule has 4 heteroatoms.